The van der Waals surface area contributed by atoms with Gasteiger partial charge in [-0.1, -0.05) is 50.8 Å². The lowest BCUT2D eigenvalue weighted by atomic mass is 9.84. The van der Waals surface area contributed by atoms with Gasteiger partial charge in [-0.3, -0.25) is 9.59 Å². The molecule has 0 bridgehead atoms. The lowest BCUT2D eigenvalue weighted by Crippen LogP contribution is -2.32. The average molecular weight is 425 g/mol. The van der Waals surface area contributed by atoms with Gasteiger partial charge in [0.1, 0.15) is 0 Å². The number of carbonyl (C=O) groups is 2. The molecule has 2 N–H and O–H groups in total. The summed E-state index contributed by atoms with van der Waals surface area (Å²) in [4.78, 5) is 25.1. The molecular weight excluding hydrogens is 396 g/mol. The van der Waals surface area contributed by atoms with E-state index in [0.717, 1.165) is 24.0 Å². The van der Waals surface area contributed by atoms with Crippen LogP contribution in [-0.2, 0) is 4.79 Å². The molecule has 0 saturated carbocycles. The molecule has 32 heavy (non-hydrogen) atoms. The van der Waals surface area contributed by atoms with E-state index in [4.69, 9.17) is 0 Å². The van der Waals surface area contributed by atoms with Gasteiger partial charge in [-0.2, -0.15) is 0 Å². The van der Waals surface area contributed by atoms with Crippen molar-refractivity contribution in [3.63, 3.8) is 0 Å². The molecule has 2 amide bonds. The first-order valence-corrected chi connectivity index (χ1v) is 10.8. The first kappa shape index (κ1) is 22.8. The quantitative estimate of drug-likeness (QED) is 0.470. The molecule has 3 rings (SSSR count). The van der Waals surface area contributed by atoms with Crippen LogP contribution in [0.3, 0.4) is 0 Å². The van der Waals surface area contributed by atoms with Crippen LogP contribution in [0.4, 0.5) is 11.4 Å². The molecule has 0 radical (unpaired) electrons. The van der Waals surface area contributed by atoms with Crippen LogP contribution in [0.25, 0.3) is 0 Å². The van der Waals surface area contributed by atoms with Gasteiger partial charge in [0.25, 0.3) is 5.91 Å². The van der Waals surface area contributed by atoms with Crippen molar-refractivity contribution in [2.45, 2.75) is 33.6 Å². The minimum atomic E-state index is -0.395. The second kappa shape index (κ2) is 10.5. The first-order valence-electron chi connectivity index (χ1n) is 10.8. The third kappa shape index (κ3) is 5.86. The van der Waals surface area contributed by atoms with Crippen LogP contribution in [0.2, 0.25) is 0 Å². The maximum absolute atomic E-state index is 12.6. The molecule has 4 nitrogen and oxygen atoms in total. The van der Waals surface area contributed by atoms with Crippen molar-refractivity contribution in [1.82, 2.24) is 0 Å². The van der Waals surface area contributed by atoms with Crippen LogP contribution < -0.4 is 10.6 Å². The predicted octanol–water partition coefficient (Wildman–Crippen LogP) is 6.10. The Morgan fingerprint density at radius 3 is 1.78 bits per heavy atom. The van der Waals surface area contributed by atoms with E-state index < -0.39 is 5.41 Å². The summed E-state index contributed by atoms with van der Waals surface area (Å²) >= 11 is 0. The summed E-state index contributed by atoms with van der Waals surface area (Å²) < 4.78 is 0. The summed E-state index contributed by atoms with van der Waals surface area (Å²) in [7, 11) is 0. The zero-order valence-corrected chi connectivity index (χ0v) is 18.7. The monoisotopic (exact) mass is 424 g/mol. The lowest BCUT2D eigenvalue weighted by Gasteiger charge is -2.25. The van der Waals surface area contributed by atoms with Crippen LogP contribution >= 0.6 is 0 Å². The molecule has 0 atom stereocenters. The first-order chi connectivity index (χ1) is 15.4. The van der Waals surface area contributed by atoms with E-state index in [1.54, 1.807) is 24.3 Å². The van der Waals surface area contributed by atoms with Gasteiger partial charge in [0.15, 0.2) is 0 Å². The average Bonchev–Trinajstić information content (AvgIpc) is 2.84. The number of nitrogens with one attached hydrogen (secondary N) is 2. The zero-order valence-electron chi connectivity index (χ0n) is 18.7. The molecule has 0 aromatic heterocycles. The second-order valence-electron chi connectivity index (χ2n) is 7.95. The Morgan fingerprint density at radius 2 is 1.22 bits per heavy atom. The van der Waals surface area contributed by atoms with Gasteiger partial charge in [0, 0.05) is 33.5 Å². The van der Waals surface area contributed by atoms with Crippen LogP contribution in [0, 0.1) is 17.3 Å². The Morgan fingerprint density at radius 1 is 0.719 bits per heavy atom. The number of anilines is 2. The number of hydrogen-bond acceptors (Lipinski definition) is 2. The topological polar surface area (TPSA) is 58.2 Å². The Kier molecular flexibility index (Phi) is 7.46. The van der Waals surface area contributed by atoms with Crippen molar-refractivity contribution in [1.29, 1.82) is 0 Å². The molecule has 0 aliphatic rings. The smallest absolute Gasteiger partial charge is 0.255 e. The third-order valence-electron chi connectivity index (χ3n) is 5.78. The Hall–Kier alpha value is -3.84. The Bertz CT molecular complexity index is 1120. The molecule has 3 aromatic carbocycles. The largest absolute Gasteiger partial charge is 0.326 e. The van der Waals surface area contributed by atoms with E-state index in [-0.39, 0.29) is 11.8 Å². The molecule has 0 spiro atoms. The maximum Gasteiger partial charge on any atom is 0.255 e. The number of hydrogen-bond donors (Lipinski definition) is 2. The molecule has 0 aliphatic carbocycles. The molecule has 162 valence electrons. The summed E-state index contributed by atoms with van der Waals surface area (Å²) in [6.07, 6.45) is 1.54. The summed E-state index contributed by atoms with van der Waals surface area (Å²) in [6, 6.07) is 24.1. The summed E-state index contributed by atoms with van der Waals surface area (Å²) in [5.74, 6) is 6.02. The Balaban J connectivity index is 1.60. The predicted molar refractivity (Wildman–Crippen MR) is 131 cm³/mol. The van der Waals surface area contributed by atoms with Gasteiger partial charge < -0.3 is 10.6 Å². The van der Waals surface area contributed by atoms with Crippen molar-refractivity contribution in [2.75, 3.05) is 10.6 Å². The molecule has 0 unspecified atom stereocenters. The minimum absolute atomic E-state index is 0.00449. The molecule has 0 heterocycles. The highest BCUT2D eigenvalue weighted by atomic mass is 16.2. The van der Waals surface area contributed by atoms with Gasteiger partial charge in [0.2, 0.25) is 5.91 Å². The number of carbonyl (C=O) groups excluding carboxylic acids is 2. The highest BCUT2D eigenvalue weighted by Gasteiger charge is 2.29. The summed E-state index contributed by atoms with van der Waals surface area (Å²) in [5, 5.41) is 5.83. The van der Waals surface area contributed by atoms with Crippen LogP contribution in [-0.4, -0.2) is 11.8 Å². The van der Waals surface area contributed by atoms with Crippen molar-refractivity contribution in [3.8, 4) is 11.8 Å². The number of benzene rings is 3. The standard InChI is InChI=1S/C28H28N2O2/c1-4-28(3,5-2)27(32)30-25-19-15-23(16-20-25)26(31)29-24-17-13-22(14-18-24)12-11-21-9-7-6-8-10-21/h6-10,13-20H,4-5H2,1-3H3,(H,29,31)(H,30,32). The van der Waals surface area contributed by atoms with Crippen molar-refractivity contribution in [2.24, 2.45) is 5.41 Å². The highest BCUT2D eigenvalue weighted by Crippen LogP contribution is 2.27. The zero-order chi connectivity index (χ0) is 23.0. The fourth-order valence-corrected chi connectivity index (χ4v) is 3.06. The van der Waals surface area contributed by atoms with E-state index >= 15 is 0 Å². The fraction of sp³-hybridized carbons (Fsp3) is 0.214. The van der Waals surface area contributed by atoms with Gasteiger partial charge in [-0.25, -0.2) is 0 Å². The van der Waals surface area contributed by atoms with Crippen LogP contribution in [0.15, 0.2) is 78.9 Å². The van der Waals surface area contributed by atoms with Gasteiger partial charge in [-0.05, 0) is 73.5 Å². The summed E-state index contributed by atoms with van der Waals surface area (Å²) in [6.45, 7) is 5.99. The SMILES string of the molecule is CCC(C)(CC)C(=O)Nc1ccc(C(=O)Nc2ccc(C#Cc3ccccc3)cc2)cc1. The lowest BCUT2D eigenvalue weighted by molar-refractivity contribution is -0.125. The van der Waals surface area contributed by atoms with E-state index in [0.29, 0.717) is 16.9 Å². The normalized spacial score (nSPS) is 10.6. The van der Waals surface area contributed by atoms with Crippen molar-refractivity contribution >= 4 is 23.2 Å². The van der Waals surface area contributed by atoms with E-state index in [1.165, 1.54) is 0 Å². The highest BCUT2D eigenvalue weighted by molar-refractivity contribution is 6.04. The molecule has 0 saturated heterocycles. The minimum Gasteiger partial charge on any atom is -0.326 e. The van der Waals surface area contributed by atoms with E-state index in [2.05, 4.69) is 22.5 Å². The third-order valence-corrected chi connectivity index (χ3v) is 5.78. The molecule has 3 aromatic rings. The molecular formula is C28H28N2O2. The van der Waals surface area contributed by atoms with E-state index in [9.17, 15) is 9.59 Å². The number of rotatable bonds is 6. The molecule has 0 aliphatic heterocycles. The number of amides is 2. The maximum atomic E-state index is 12.6. The van der Waals surface area contributed by atoms with Gasteiger partial charge >= 0.3 is 0 Å². The van der Waals surface area contributed by atoms with E-state index in [1.807, 2.05) is 75.4 Å². The Labute approximate surface area is 190 Å². The van der Waals surface area contributed by atoms with Crippen LogP contribution in [0.1, 0.15) is 55.1 Å². The molecule has 0 fully saturated rings. The van der Waals surface area contributed by atoms with Crippen LogP contribution in [0.5, 0.6) is 0 Å². The molecule has 4 heteroatoms. The second-order valence-corrected chi connectivity index (χ2v) is 7.95. The van der Waals surface area contributed by atoms with Crippen molar-refractivity contribution < 1.29 is 9.59 Å². The van der Waals surface area contributed by atoms with Crippen molar-refractivity contribution in [3.05, 3.63) is 95.6 Å². The summed E-state index contributed by atoms with van der Waals surface area (Å²) in [5.41, 5.74) is 3.33. The van der Waals surface area contributed by atoms with Gasteiger partial charge in [-0.15, -0.1) is 0 Å². The fourth-order valence-electron chi connectivity index (χ4n) is 3.06. The van der Waals surface area contributed by atoms with Gasteiger partial charge in [0.05, 0.1) is 0 Å².